The summed E-state index contributed by atoms with van der Waals surface area (Å²) in [6, 6.07) is 7.53. The highest BCUT2D eigenvalue weighted by Crippen LogP contribution is 2.18. The van der Waals surface area contributed by atoms with E-state index in [1.54, 1.807) is 26.0 Å². The van der Waals surface area contributed by atoms with Gasteiger partial charge in [0.05, 0.1) is 6.04 Å². The van der Waals surface area contributed by atoms with Gasteiger partial charge in [0.15, 0.2) is 0 Å². The lowest BCUT2D eigenvalue weighted by atomic mass is 10.3. The van der Waals surface area contributed by atoms with Crippen molar-refractivity contribution in [2.75, 3.05) is 0 Å². The molecule has 2 rings (SSSR count). The Morgan fingerprint density at radius 3 is 2.60 bits per heavy atom. The van der Waals surface area contributed by atoms with Gasteiger partial charge in [0.25, 0.3) is 0 Å². The number of sulfonamides is 1. The lowest BCUT2D eigenvalue weighted by molar-refractivity contribution is 0.441. The number of furan rings is 1. The van der Waals surface area contributed by atoms with Crippen LogP contribution in [0, 0.1) is 18.3 Å². The van der Waals surface area contributed by atoms with Gasteiger partial charge in [-0.15, -0.1) is 0 Å². The van der Waals surface area contributed by atoms with Gasteiger partial charge >= 0.3 is 0 Å². The Balaban J connectivity index is 2.20. The minimum atomic E-state index is -3.71. The first-order valence-electron chi connectivity index (χ1n) is 5.87. The standard InChI is InChI=1S/C13H13N3O3S/c1-9-3-6-13(19-9)10(2)16-20(17,18)12-5-4-11(7-14)15-8-12/h3-6,8,10,16H,1-2H3. The number of nitriles is 1. The molecule has 7 heteroatoms. The highest BCUT2D eigenvalue weighted by molar-refractivity contribution is 7.89. The average Bonchev–Trinajstić information content (AvgIpc) is 2.85. The molecule has 0 radical (unpaired) electrons. The van der Waals surface area contributed by atoms with Crippen molar-refractivity contribution in [3.05, 3.63) is 47.7 Å². The SMILES string of the molecule is Cc1ccc(C(C)NS(=O)(=O)c2ccc(C#N)nc2)o1. The largest absolute Gasteiger partial charge is 0.465 e. The normalized spacial score (nSPS) is 12.8. The molecule has 2 aromatic rings. The summed E-state index contributed by atoms with van der Waals surface area (Å²) in [7, 11) is -3.71. The number of rotatable bonds is 4. The van der Waals surface area contributed by atoms with E-state index in [1.807, 2.05) is 6.07 Å². The minimum Gasteiger partial charge on any atom is -0.465 e. The van der Waals surface area contributed by atoms with Crippen molar-refractivity contribution in [2.45, 2.75) is 24.8 Å². The van der Waals surface area contributed by atoms with Gasteiger partial charge in [-0.25, -0.2) is 18.1 Å². The fourth-order valence-corrected chi connectivity index (χ4v) is 2.81. The van der Waals surface area contributed by atoms with Crippen LogP contribution in [0.2, 0.25) is 0 Å². The average molecular weight is 291 g/mol. The summed E-state index contributed by atoms with van der Waals surface area (Å²) in [6.07, 6.45) is 1.15. The molecule has 1 N–H and O–H groups in total. The van der Waals surface area contributed by atoms with E-state index in [1.165, 1.54) is 12.1 Å². The summed E-state index contributed by atoms with van der Waals surface area (Å²) in [4.78, 5) is 3.75. The molecule has 2 aromatic heterocycles. The van der Waals surface area contributed by atoms with Gasteiger partial charge < -0.3 is 4.42 Å². The van der Waals surface area contributed by atoms with Crippen LogP contribution in [0.5, 0.6) is 0 Å². The molecular weight excluding hydrogens is 278 g/mol. The smallest absolute Gasteiger partial charge is 0.242 e. The first-order chi connectivity index (χ1) is 9.42. The Labute approximate surface area is 117 Å². The van der Waals surface area contributed by atoms with Gasteiger partial charge in [0.1, 0.15) is 28.2 Å². The van der Waals surface area contributed by atoms with Gasteiger partial charge in [-0.2, -0.15) is 5.26 Å². The molecule has 0 saturated carbocycles. The van der Waals surface area contributed by atoms with Crippen molar-refractivity contribution in [3.63, 3.8) is 0 Å². The molecule has 20 heavy (non-hydrogen) atoms. The number of hydrogen-bond donors (Lipinski definition) is 1. The van der Waals surface area contributed by atoms with Crippen LogP contribution < -0.4 is 4.72 Å². The Morgan fingerprint density at radius 1 is 1.35 bits per heavy atom. The third-order valence-electron chi connectivity index (χ3n) is 2.68. The maximum atomic E-state index is 12.1. The molecule has 0 aromatic carbocycles. The van der Waals surface area contributed by atoms with Gasteiger partial charge in [-0.3, -0.25) is 0 Å². The highest BCUT2D eigenvalue weighted by Gasteiger charge is 2.20. The van der Waals surface area contributed by atoms with Crippen molar-refractivity contribution in [2.24, 2.45) is 0 Å². The number of nitrogens with one attached hydrogen (secondary N) is 1. The van der Waals surface area contributed by atoms with Gasteiger partial charge in [-0.05, 0) is 38.1 Å². The topological polar surface area (TPSA) is 96.0 Å². The molecule has 0 aliphatic heterocycles. The van der Waals surface area contributed by atoms with Crippen LogP contribution in [0.4, 0.5) is 0 Å². The van der Waals surface area contributed by atoms with E-state index < -0.39 is 16.1 Å². The van der Waals surface area contributed by atoms with E-state index in [2.05, 4.69) is 9.71 Å². The first-order valence-corrected chi connectivity index (χ1v) is 7.35. The van der Waals surface area contributed by atoms with Crippen molar-refractivity contribution < 1.29 is 12.8 Å². The number of pyridine rings is 1. The van der Waals surface area contributed by atoms with E-state index in [9.17, 15) is 8.42 Å². The zero-order valence-corrected chi connectivity index (χ0v) is 11.8. The van der Waals surface area contributed by atoms with Crippen molar-refractivity contribution in [3.8, 4) is 6.07 Å². The second-order valence-corrected chi connectivity index (χ2v) is 6.00. The summed E-state index contributed by atoms with van der Waals surface area (Å²) >= 11 is 0. The third-order valence-corrected chi connectivity index (χ3v) is 4.21. The van der Waals surface area contributed by atoms with Crippen LogP contribution in [0.1, 0.15) is 30.2 Å². The number of aryl methyl sites for hydroxylation is 1. The molecule has 1 unspecified atom stereocenters. The number of aromatic nitrogens is 1. The highest BCUT2D eigenvalue weighted by atomic mass is 32.2. The molecule has 0 spiro atoms. The van der Waals surface area contributed by atoms with Gasteiger partial charge in [-0.1, -0.05) is 0 Å². The maximum Gasteiger partial charge on any atom is 0.242 e. The fourth-order valence-electron chi connectivity index (χ4n) is 1.65. The van der Waals surface area contributed by atoms with Crippen LogP contribution in [-0.2, 0) is 10.0 Å². The molecule has 0 fully saturated rings. The molecule has 0 aliphatic rings. The van der Waals surface area contributed by atoms with Gasteiger partial charge in [0.2, 0.25) is 10.0 Å². The third kappa shape index (κ3) is 3.04. The number of hydrogen-bond acceptors (Lipinski definition) is 5. The Hall–Kier alpha value is -2.17. The summed E-state index contributed by atoms with van der Waals surface area (Å²) < 4.78 is 32.2. The molecule has 0 amide bonds. The second kappa shape index (κ2) is 5.45. The quantitative estimate of drug-likeness (QED) is 0.928. The van der Waals surface area contributed by atoms with Crippen LogP contribution in [0.15, 0.2) is 39.8 Å². The van der Waals surface area contributed by atoms with Crippen LogP contribution >= 0.6 is 0 Å². The van der Waals surface area contributed by atoms with Crippen molar-refractivity contribution in [1.82, 2.24) is 9.71 Å². The van der Waals surface area contributed by atoms with E-state index in [0.717, 1.165) is 6.20 Å². The monoisotopic (exact) mass is 291 g/mol. The first kappa shape index (κ1) is 14.2. The second-order valence-electron chi connectivity index (χ2n) is 4.28. The fraction of sp³-hybridized carbons (Fsp3) is 0.231. The van der Waals surface area contributed by atoms with Crippen molar-refractivity contribution in [1.29, 1.82) is 5.26 Å². The Bertz CT molecular complexity index is 742. The summed E-state index contributed by atoms with van der Waals surface area (Å²) in [5, 5.41) is 8.64. The number of nitrogens with zero attached hydrogens (tertiary/aromatic N) is 2. The van der Waals surface area contributed by atoms with Gasteiger partial charge in [0, 0.05) is 6.20 Å². The lowest BCUT2D eigenvalue weighted by Crippen LogP contribution is -2.26. The summed E-state index contributed by atoms with van der Waals surface area (Å²) in [6.45, 7) is 3.47. The summed E-state index contributed by atoms with van der Waals surface area (Å²) in [5.74, 6) is 1.25. The van der Waals surface area contributed by atoms with E-state index in [4.69, 9.17) is 9.68 Å². The molecule has 0 aliphatic carbocycles. The Morgan fingerprint density at radius 2 is 2.10 bits per heavy atom. The van der Waals surface area contributed by atoms with E-state index in [-0.39, 0.29) is 10.6 Å². The van der Waals surface area contributed by atoms with E-state index in [0.29, 0.717) is 11.5 Å². The lowest BCUT2D eigenvalue weighted by Gasteiger charge is -2.11. The molecule has 0 saturated heterocycles. The Kier molecular flexibility index (Phi) is 3.88. The molecule has 0 bridgehead atoms. The van der Waals surface area contributed by atoms with E-state index >= 15 is 0 Å². The van der Waals surface area contributed by atoms with Crippen LogP contribution in [0.3, 0.4) is 0 Å². The summed E-state index contributed by atoms with van der Waals surface area (Å²) in [5.41, 5.74) is 0.165. The van der Waals surface area contributed by atoms with Crippen LogP contribution in [0.25, 0.3) is 0 Å². The molecule has 6 nitrogen and oxygen atoms in total. The minimum absolute atomic E-state index is 0.00614. The molecule has 1 atom stereocenters. The van der Waals surface area contributed by atoms with Crippen LogP contribution in [-0.4, -0.2) is 13.4 Å². The molecular formula is C13H13N3O3S. The predicted molar refractivity (Wildman–Crippen MR) is 71.1 cm³/mol. The maximum absolute atomic E-state index is 12.1. The zero-order chi connectivity index (χ0) is 14.8. The molecule has 2 heterocycles. The molecule has 104 valence electrons. The predicted octanol–water partition coefficient (Wildman–Crippen LogP) is 1.89. The van der Waals surface area contributed by atoms with Crippen molar-refractivity contribution >= 4 is 10.0 Å². The zero-order valence-electron chi connectivity index (χ0n) is 11.0.